The fourth-order valence-electron chi connectivity index (χ4n) is 3.85. The average Bonchev–Trinajstić information content (AvgIpc) is 2.61. The van der Waals surface area contributed by atoms with Crippen molar-refractivity contribution in [1.29, 1.82) is 0 Å². The molecule has 2 aliphatic carbocycles. The molecule has 3 rings (SSSR count). The lowest BCUT2D eigenvalue weighted by Crippen LogP contribution is -2.48. The van der Waals surface area contributed by atoms with Crippen LogP contribution in [0.3, 0.4) is 0 Å². The third kappa shape index (κ3) is 0.724. The van der Waals surface area contributed by atoms with Crippen LogP contribution in [0.5, 0.6) is 0 Å². The van der Waals surface area contributed by atoms with Crippen molar-refractivity contribution < 1.29 is 14.6 Å². The molecule has 0 spiro atoms. The summed E-state index contributed by atoms with van der Waals surface area (Å²) in [5.41, 5.74) is -0.792. The Kier molecular flexibility index (Phi) is 1.45. The van der Waals surface area contributed by atoms with Gasteiger partial charge < -0.3 is 9.84 Å². The van der Waals surface area contributed by atoms with Crippen molar-refractivity contribution >= 4 is 5.97 Å². The highest BCUT2D eigenvalue weighted by atomic mass is 16.6. The Morgan fingerprint density at radius 3 is 3.00 bits per heavy atom. The van der Waals surface area contributed by atoms with Gasteiger partial charge in [-0.05, 0) is 39.0 Å². The molecule has 78 valence electrons. The molecule has 14 heavy (non-hydrogen) atoms. The Morgan fingerprint density at radius 1 is 1.43 bits per heavy atom. The van der Waals surface area contributed by atoms with Crippen molar-refractivity contribution in [3.8, 4) is 0 Å². The summed E-state index contributed by atoms with van der Waals surface area (Å²) in [5, 5.41) is 9.97. The number of esters is 1. The first kappa shape index (κ1) is 8.72. The second-order valence-electron chi connectivity index (χ2n) is 5.24. The second-order valence-corrected chi connectivity index (χ2v) is 5.24. The van der Waals surface area contributed by atoms with E-state index in [1.54, 1.807) is 0 Å². The van der Waals surface area contributed by atoms with Crippen LogP contribution >= 0.6 is 0 Å². The van der Waals surface area contributed by atoms with E-state index in [4.69, 9.17) is 4.74 Å². The van der Waals surface area contributed by atoms with Gasteiger partial charge in [0.05, 0.1) is 11.5 Å². The van der Waals surface area contributed by atoms with Crippen LogP contribution in [-0.4, -0.2) is 22.8 Å². The molecule has 3 aliphatic rings. The van der Waals surface area contributed by atoms with E-state index in [2.05, 4.69) is 0 Å². The number of carbonyl (C=O) groups excluding carboxylic acids is 1. The molecule has 2 bridgehead atoms. The Labute approximate surface area is 83.4 Å². The van der Waals surface area contributed by atoms with Crippen molar-refractivity contribution in [2.45, 2.75) is 50.7 Å². The lowest BCUT2D eigenvalue weighted by molar-refractivity contribution is -0.154. The zero-order valence-electron chi connectivity index (χ0n) is 8.45. The SMILES string of the molecule is CC12C(=O)O[C@@]3(CCC[C@H]13)CC[C@@H]2O. The van der Waals surface area contributed by atoms with Crippen molar-refractivity contribution in [3.05, 3.63) is 0 Å². The van der Waals surface area contributed by atoms with Gasteiger partial charge >= 0.3 is 5.97 Å². The molecule has 3 fully saturated rings. The van der Waals surface area contributed by atoms with Crippen LogP contribution in [0.2, 0.25) is 0 Å². The average molecular weight is 196 g/mol. The Hall–Kier alpha value is -0.570. The smallest absolute Gasteiger partial charge is 0.315 e. The highest BCUT2D eigenvalue weighted by Crippen LogP contribution is 2.61. The standard InChI is InChI=1S/C11H16O3/c1-10-7-3-2-5-11(7,14-9(10)13)6-4-8(10)12/h7-8,12H,2-6H2,1H3/t7-,8+,10?,11+/m1/s1. The first-order valence-electron chi connectivity index (χ1n) is 5.51. The predicted octanol–water partition coefficient (Wildman–Crippen LogP) is 1.24. The number of rotatable bonds is 0. The summed E-state index contributed by atoms with van der Waals surface area (Å²) in [6.07, 6.45) is 4.28. The molecular weight excluding hydrogens is 180 g/mol. The number of aliphatic hydroxyl groups is 1. The summed E-state index contributed by atoms with van der Waals surface area (Å²) in [7, 11) is 0. The molecular formula is C11H16O3. The van der Waals surface area contributed by atoms with Crippen LogP contribution < -0.4 is 0 Å². The monoisotopic (exact) mass is 196 g/mol. The van der Waals surface area contributed by atoms with Crippen LogP contribution in [0.15, 0.2) is 0 Å². The largest absolute Gasteiger partial charge is 0.458 e. The Morgan fingerprint density at radius 2 is 2.21 bits per heavy atom. The number of hydrogen-bond donors (Lipinski definition) is 1. The summed E-state index contributed by atoms with van der Waals surface area (Å²) >= 11 is 0. The van der Waals surface area contributed by atoms with E-state index in [0.29, 0.717) is 0 Å². The maximum absolute atomic E-state index is 11.8. The number of ether oxygens (including phenoxy) is 1. The molecule has 1 N–H and O–H groups in total. The van der Waals surface area contributed by atoms with E-state index in [1.807, 2.05) is 6.92 Å². The van der Waals surface area contributed by atoms with Crippen LogP contribution in [0, 0.1) is 11.3 Å². The van der Waals surface area contributed by atoms with Crippen molar-refractivity contribution in [3.63, 3.8) is 0 Å². The summed E-state index contributed by atoms with van der Waals surface area (Å²) < 4.78 is 5.57. The van der Waals surface area contributed by atoms with E-state index in [9.17, 15) is 9.90 Å². The summed E-state index contributed by atoms with van der Waals surface area (Å²) in [6.45, 7) is 1.89. The second kappa shape index (κ2) is 2.32. The van der Waals surface area contributed by atoms with Gasteiger partial charge in [-0.3, -0.25) is 4.79 Å². The van der Waals surface area contributed by atoms with E-state index in [-0.39, 0.29) is 17.5 Å². The zero-order valence-corrected chi connectivity index (χ0v) is 8.45. The first-order chi connectivity index (χ1) is 6.59. The van der Waals surface area contributed by atoms with Crippen LogP contribution in [0.1, 0.15) is 39.0 Å². The Bertz CT molecular complexity index is 301. The highest BCUT2D eigenvalue weighted by Gasteiger charge is 2.69. The fraction of sp³-hybridized carbons (Fsp3) is 0.909. The fourth-order valence-corrected chi connectivity index (χ4v) is 3.85. The third-order valence-corrected chi connectivity index (χ3v) is 4.72. The Balaban J connectivity index is 2.11. The molecule has 3 nitrogen and oxygen atoms in total. The molecule has 4 atom stereocenters. The maximum Gasteiger partial charge on any atom is 0.315 e. The quantitative estimate of drug-likeness (QED) is 0.593. The number of hydrogen-bond acceptors (Lipinski definition) is 3. The van der Waals surface area contributed by atoms with E-state index >= 15 is 0 Å². The topological polar surface area (TPSA) is 46.5 Å². The van der Waals surface area contributed by atoms with Gasteiger partial charge in [0.25, 0.3) is 0 Å². The summed E-state index contributed by atoms with van der Waals surface area (Å²) in [4.78, 5) is 11.8. The van der Waals surface area contributed by atoms with Crippen molar-refractivity contribution in [2.24, 2.45) is 11.3 Å². The van der Waals surface area contributed by atoms with E-state index < -0.39 is 11.5 Å². The first-order valence-corrected chi connectivity index (χ1v) is 5.51. The van der Waals surface area contributed by atoms with Gasteiger partial charge in [-0.15, -0.1) is 0 Å². The molecule has 0 amide bonds. The number of carbonyl (C=O) groups is 1. The lowest BCUT2D eigenvalue weighted by atomic mass is 9.63. The minimum Gasteiger partial charge on any atom is -0.458 e. The van der Waals surface area contributed by atoms with E-state index in [0.717, 1.165) is 32.1 Å². The summed E-state index contributed by atoms with van der Waals surface area (Å²) in [6, 6.07) is 0. The van der Waals surface area contributed by atoms with E-state index in [1.165, 1.54) is 0 Å². The molecule has 2 saturated carbocycles. The van der Waals surface area contributed by atoms with Crippen molar-refractivity contribution in [2.75, 3.05) is 0 Å². The molecule has 0 aromatic rings. The predicted molar refractivity (Wildman–Crippen MR) is 49.5 cm³/mol. The van der Waals surface area contributed by atoms with Crippen molar-refractivity contribution in [1.82, 2.24) is 0 Å². The van der Waals surface area contributed by atoms with Gasteiger partial charge in [0.1, 0.15) is 5.60 Å². The summed E-state index contributed by atoms with van der Waals surface area (Å²) in [5.74, 6) is 0.110. The van der Waals surface area contributed by atoms with Gasteiger partial charge in [-0.2, -0.15) is 0 Å². The highest BCUT2D eigenvalue weighted by molar-refractivity contribution is 5.81. The van der Waals surface area contributed by atoms with Gasteiger partial charge in [0, 0.05) is 5.92 Å². The van der Waals surface area contributed by atoms with Gasteiger partial charge in [-0.1, -0.05) is 0 Å². The molecule has 0 aromatic heterocycles. The van der Waals surface area contributed by atoms with Crippen LogP contribution in [-0.2, 0) is 9.53 Å². The molecule has 1 saturated heterocycles. The third-order valence-electron chi connectivity index (χ3n) is 4.72. The zero-order chi connectivity index (χ0) is 9.97. The molecule has 0 radical (unpaired) electrons. The molecule has 3 heteroatoms. The van der Waals surface area contributed by atoms with Crippen LogP contribution in [0.25, 0.3) is 0 Å². The maximum atomic E-state index is 11.8. The van der Waals surface area contributed by atoms with Gasteiger partial charge in [-0.25, -0.2) is 0 Å². The van der Waals surface area contributed by atoms with Crippen LogP contribution in [0.4, 0.5) is 0 Å². The molecule has 1 heterocycles. The van der Waals surface area contributed by atoms with Gasteiger partial charge in [0.2, 0.25) is 0 Å². The van der Waals surface area contributed by atoms with Gasteiger partial charge in [0.15, 0.2) is 0 Å². The lowest BCUT2D eigenvalue weighted by Gasteiger charge is -2.40. The molecule has 0 aromatic carbocycles. The normalized spacial score (nSPS) is 55.7. The number of aliphatic hydroxyl groups excluding tert-OH is 1. The molecule has 1 unspecified atom stereocenters. The molecule has 1 aliphatic heterocycles. The minimum atomic E-state index is -0.602. The minimum absolute atomic E-state index is 0.160.